The second-order valence-corrected chi connectivity index (χ2v) is 7.08. The third kappa shape index (κ3) is 5.56. The van der Waals surface area contributed by atoms with Crippen LogP contribution >= 0.6 is 0 Å². The average molecular weight is 338 g/mol. The molecule has 2 N–H and O–H groups in total. The van der Waals surface area contributed by atoms with Crippen molar-refractivity contribution in [1.29, 1.82) is 0 Å². The maximum Gasteiger partial charge on any atom is 0.409 e. The van der Waals surface area contributed by atoms with Crippen LogP contribution in [-0.2, 0) is 4.74 Å². The van der Waals surface area contributed by atoms with Crippen molar-refractivity contribution in [1.82, 2.24) is 15.5 Å². The molecule has 2 unspecified atom stereocenters. The fraction of sp³-hybridized carbons (Fsp3) is 0.889. The molecule has 1 heterocycles. The summed E-state index contributed by atoms with van der Waals surface area (Å²) in [5.41, 5.74) is 0. The number of guanidine groups is 1. The molecule has 1 saturated heterocycles. The van der Waals surface area contributed by atoms with Gasteiger partial charge in [0.25, 0.3) is 0 Å². The number of rotatable bonds is 4. The molecule has 1 aliphatic carbocycles. The summed E-state index contributed by atoms with van der Waals surface area (Å²) < 4.78 is 5.07. The van der Waals surface area contributed by atoms with Crippen molar-refractivity contribution in [3.8, 4) is 0 Å². The molecule has 2 fully saturated rings. The highest BCUT2D eigenvalue weighted by molar-refractivity contribution is 5.80. The van der Waals surface area contributed by atoms with Crippen LogP contribution in [0, 0.1) is 11.8 Å². The molecule has 2 aliphatic rings. The Morgan fingerprint density at radius 3 is 2.54 bits per heavy atom. The Balaban J connectivity index is 1.71. The summed E-state index contributed by atoms with van der Waals surface area (Å²) in [7, 11) is 1.83. The quantitative estimate of drug-likeness (QED) is 0.611. The van der Waals surface area contributed by atoms with Gasteiger partial charge in [-0.05, 0) is 38.0 Å². The van der Waals surface area contributed by atoms with E-state index in [0.29, 0.717) is 12.6 Å². The molecule has 0 aromatic rings. The molecule has 2 rings (SSSR count). The molecular weight excluding hydrogens is 304 g/mol. The monoisotopic (exact) mass is 338 g/mol. The minimum Gasteiger partial charge on any atom is -0.450 e. The van der Waals surface area contributed by atoms with Crippen LogP contribution in [0.3, 0.4) is 0 Å². The van der Waals surface area contributed by atoms with E-state index in [1.165, 1.54) is 25.7 Å². The zero-order valence-electron chi connectivity index (χ0n) is 15.5. The van der Waals surface area contributed by atoms with E-state index in [4.69, 9.17) is 4.74 Å². The molecule has 0 bridgehead atoms. The Morgan fingerprint density at radius 1 is 1.21 bits per heavy atom. The molecule has 138 valence electrons. The summed E-state index contributed by atoms with van der Waals surface area (Å²) >= 11 is 0. The third-order valence-electron chi connectivity index (χ3n) is 5.41. The summed E-state index contributed by atoms with van der Waals surface area (Å²) in [6.45, 7) is 7.14. The van der Waals surface area contributed by atoms with Gasteiger partial charge in [-0.3, -0.25) is 4.99 Å². The van der Waals surface area contributed by atoms with E-state index in [2.05, 4.69) is 22.5 Å². The average Bonchev–Trinajstić information content (AvgIpc) is 2.60. The normalized spacial score (nSPS) is 26.1. The summed E-state index contributed by atoms with van der Waals surface area (Å²) in [5.74, 6) is 2.45. The Morgan fingerprint density at radius 2 is 1.92 bits per heavy atom. The number of hydrogen-bond donors (Lipinski definition) is 2. The van der Waals surface area contributed by atoms with Crippen LogP contribution in [0.2, 0.25) is 0 Å². The van der Waals surface area contributed by atoms with Crippen molar-refractivity contribution in [3.05, 3.63) is 0 Å². The second kappa shape index (κ2) is 9.74. The van der Waals surface area contributed by atoms with Crippen molar-refractivity contribution in [3.63, 3.8) is 0 Å². The van der Waals surface area contributed by atoms with Gasteiger partial charge >= 0.3 is 6.09 Å². The van der Waals surface area contributed by atoms with Gasteiger partial charge in [-0.1, -0.05) is 26.2 Å². The first-order valence-corrected chi connectivity index (χ1v) is 9.53. The van der Waals surface area contributed by atoms with Crippen molar-refractivity contribution in [2.24, 2.45) is 16.8 Å². The van der Waals surface area contributed by atoms with Crippen LogP contribution in [0.4, 0.5) is 4.79 Å². The molecule has 6 heteroatoms. The van der Waals surface area contributed by atoms with Gasteiger partial charge in [0.1, 0.15) is 0 Å². The number of amides is 1. The van der Waals surface area contributed by atoms with Crippen molar-refractivity contribution in [2.45, 2.75) is 58.4 Å². The van der Waals surface area contributed by atoms with Crippen LogP contribution in [-0.4, -0.2) is 56.3 Å². The van der Waals surface area contributed by atoms with E-state index in [1.54, 1.807) is 4.90 Å². The number of hydrogen-bond acceptors (Lipinski definition) is 3. The summed E-state index contributed by atoms with van der Waals surface area (Å²) in [6.07, 6.45) is 7.08. The van der Waals surface area contributed by atoms with Gasteiger partial charge < -0.3 is 20.3 Å². The standard InChI is InChI=1S/C18H34N4O2/c1-4-24-18(23)22-11-9-16(10-12-22)21-17(19-3)20-13-15-8-6-5-7-14(15)2/h14-16H,4-13H2,1-3H3,(H2,19,20,21). The van der Waals surface area contributed by atoms with E-state index in [9.17, 15) is 4.79 Å². The smallest absolute Gasteiger partial charge is 0.409 e. The number of nitrogens with zero attached hydrogens (tertiary/aromatic N) is 2. The lowest BCUT2D eigenvalue weighted by Crippen LogP contribution is -2.50. The Bertz CT molecular complexity index is 419. The molecule has 0 aromatic heterocycles. The SMILES string of the molecule is CCOC(=O)N1CCC(NC(=NC)NCC2CCCCC2C)CC1. The van der Waals surface area contributed by atoms with Crippen molar-refractivity contribution >= 4 is 12.1 Å². The maximum atomic E-state index is 11.7. The fourth-order valence-electron chi connectivity index (χ4n) is 3.73. The summed E-state index contributed by atoms with van der Waals surface area (Å²) in [6, 6.07) is 0.366. The van der Waals surface area contributed by atoms with Crippen molar-refractivity contribution in [2.75, 3.05) is 33.3 Å². The minimum atomic E-state index is -0.190. The van der Waals surface area contributed by atoms with Crippen LogP contribution < -0.4 is 10.6 Å². The second-order valence-electron chi connectivity index (χ2n) is 7.08. The number of nitrogens with one attached hydrogen (secondary N) is 2. The number of likely N-dealkylation sites (tertiary alicyclic amines) is 1. The number of piperidine rings is 1. The van der Waals surface area contributed by atoms with Gasteiger partial charge in [0.15, 0.2) is 5.96 Å². The predicted molar refractivity (Wildman–Crippen MR) is 97.2 cm³/mol. The Hall–Kier alpha value is -1.46. The topological polar surface area (TPSA) is 66.0 Å². The largest absolute Gasteiger partial charge is 0.450 e. The van der Waals surface area contributed by atoms with E-state index in [1.807, 2.05) is 14.0 Å². The zero-order chi connectivity index (χ0) is 17.4. The molecular formula is C18H34N4O2. The van der Waals surface area contributed by atoms with Gasteiger partial charge in [0.05, 0.1) is 6.61 Å². The number of carbonyl (C=O) groups excluding carboxylic acids is 1. The fourth-order valence-corrected chi connectivity index (χ4v) is 3.73. The van der Waals surface area contributed by atoms with Gasteiger partial charge in [-0.25, -0.2) is 4.79 Å². The predicted octanol–water partition coefficient (Wildman–Crippen LogP) is 2.60. The van der Waals surface area contributed by atoms with E-state index >= 15 is 0 Å². The van der Waals surface area contributed by atoms with Crippen LogP contribution in [0.15, 0.2) is 4.99 Å². The van der Waals surface area contributed by atoms with Gasteiger partial charge in [0.2, 0.25) is 0 Å². The lowest BCUT2D eigenvalue weighted by atomic mass is 9.80. The van der Waals surface area contributed by atoms with Crippen molar-refractivity contribution < 1.29 is 9.53 Å². The lowest BCUT2D eigenvalue weighted by molar-refractivity contribution is 0.0963. The molecule has 0 spiro atoms. The zero-order valence-corrected chi connectivity index (χ0v) is 15.5. The van der Waals surface area contributed by atoms with E-state index in [0.717, 1.165) is 50.3 Å². The lowest BCUT2D eigenvalue weighted by Gasteiger charge is -2.33. The third-order valence-corrected chi connectivity index (χ3v) is 5.41. The van der Waals surface area contributed by atoms with Gasteiger partial charge in [-0.15, -0.1) is 0 Å². The van der Waals surface area contributed by atoms with Gasteiger partial charge in [0, 0.05) is 32.7 Å². The molecule has 1 saturated carbocycles. The molecule has 6 nitrogen and oxygen atoms in total. The number of ether oxygens (including phenoxy) is 1. The number of carbonyl (C=O) groups is 1. The highest BCUT2D eigenvalue weighted by Crippen LogP contribution is 2.28. The molecule has 24 heavy (non-hydrogen) atoms. The maximum absolute atomic E-state index is 11.7. The van der Waals surface area contributed by atoms with Crippen LogP contribution in [0.25, 0.3) is 0 Å². The van der Waals surface area contributed by atoms with Gasteiger partial charge in [-0.2, -0.15) is 0 Å². The Kier molecular flexibility index (Phi) is 7.66. The first-order chi connectivity index (χ1) is 11.6. The minimum absolute atomic E-state index is 0.190. The van der Waals surface area contributed by atoms with Crippen LogP contribution in [0.1, 0.15) is 52.4 Å². The van der Waals surface area contributed by atoms with E-state index in [-0.39, 0.29) is 6.09 Å². The first kappa shape index (κ1) is 18.9. The van der Waals surface area contributed by atoms with E-state index < -0.39 is 0 Å². The molecule has 1 amide bonds. The molecule has 0 radical (unpaired) electrons. The summed E-state index contributed by atoms with van der Waals surface area (Å²) in [4.78, 5) is 17.9. The first-order valence-electron chi connectivity index (χ1n) is 9.53. The molecule has 2 atom stereocenters. The number of aliphatic imine (C=N–C) groups is 1. The van der Waals surface area contributed by atoms with Crippen LogP contribution in [0.5, 0.6) is 0 Å². The highest BCUT2D eigenvalue weighted by atomic mass is 16.6. The Labute approximate surface area is 146 Å². The molecule has 0 aromatic carbocycles. The molecule has 1 aliphatic heterocycles. The highest BCUT2D eigenvalue weighted by Gasteiger charge is 2.25. The summed E-state index contributed by atoms with van der Waals surface area (Å²) in [5, 5.41) is 7.02.